The first kappa shape index (κ1) is 14.0. The third-order valence-corrected chi connectivity index (χ3v) is 4.05. The predicted molar refractivity (Wildman–Crippen MR) is 75.8 cm³/mol. The zero-order chi connectivity index (χ0) is 14.6. The van der Waals surface area contributed by atoms with Crippen molar-refractivity contribution >= 4 is 27.1 Å². The molecular formula is C13H13N3O3S. The summed E-state index contributed by atoms with van der Waals surface area (Å²) in [4.78, 5) is 15.5. The van der Waals surface area contributed by atoms with Crippen molar-refractivity contribution in [3.8, 4) is 0 Å². The number of carbonyl (C=O) groups excluding carboxylic acids is 1. The van der Waals surface area contributed by atoms with Gasteiger partial charge < -0.3 is 11.1 Å². The second kappa shape index (κ2) is 5.70. The molecule has 1 aromatic carbocycles. The first-order valence-corrected chi connectivity index (χ1v) is 7.42. The highest BCUT2D eigenvalue weighted by Gasteiger charge is 2.23. The Balaban J connectivity index is 2.13. The van der Waals surface area contributed by atoms with E-state index in [1.54, 1.807) is 30.3 Å². The van der Waals surface area contributed by atoms with Crippen molar-refractivity contribution in [2.75, 3.05) is 16.8 Å². The fraction of sp³-hybridized carbons (Fsp3) is 0.0769. The fourth-order valence-electron chi connectivity index (χ4n) is 1.62. The Labute approximate surface area is 116 Å². The summed E-state index contributed by atoms with van der Waals surface area (Å²) in [6, 6.07) is 11.6. The van der Waals surface area contributed by atoms with Gasteiger partial charge in [-0.2, -0.15) is 0 Å². The minimum absolute atomic E-state index is 0.0278. The molecule has 2 rings (SSSR count). The van der Waals surface area contributed by atoms with E-state index in [1.807, 2.05) is 0 Å². The molecule has 2 aromatic rings. The Bertz CT molecular complexity index is 715. The third kappa shape index (κ3) is 3.33. The largest absolute Gasteiger partial charge is 0.396 e. The lowest BCUT2D eigenvalue weighted by atomic mass is 10.3. The van der Waals surface area contributed by atoms with Gasteiger partial charge in [0.25, 0.3) is 0 Å². The van der Waals surface area contributed by atoms with Crippen LogP contribution in [0.5, 0.6) is 0 Å². The number of nitrogen functional groups attached to an aromatic ring is 1. The van der Waals surface area contributed by atoms with Crippen LogP contribution >= 0.6 is 0 Å². The molecule has 0 aliphatic carbocycles. The number of para-hydroxylation sites is 1. The molecule has 0 atom stereocenters. The zero-order valence-electron chi connectivity index (χ0n) is 10.5. The summed E-state index contributed by atoms with van der Waals surface area (Å²) in [5, 5.41) is 2.23. The third-order valence-electron chi connectivity index (χ3n) is 2.47. The molecule has 1 heterocycles. The topological polar surface area (TPSA) is 102 Å². The summed E-state index contributed by atoms with van der Waals surface area (Å²) >= 11 is 0. The van der Waals surface area contributed by atoms with E-state index in [9.17, 15) is 13.2 Å². The van der Waals surface area contributed by atoms with Crippen molar-refractivity contribution in [1.82, 2.24) is 4.98 Å². The SMILES string of the molecule is Nc1cccnc1S(=O)(=O)CC(=O)Nc1ccccc1. The summed E-state index contributed by atoms with van der Waals surface area (Å²) in [5.74, 6) is -1.34. The Hall–Kier alpha value is -2.41. The van der Waals surface area contributed by atoms with E-state index in [1.165, 1.54) is 18.3 Å². The maximum absolute atomic E-state index is 12.1. The Morgan fingerprint density at radius 1 is 1.15 bits per heavy atom. The van der Waals surface area contributed by atoms with Gasteiger partial charge in [-0.05, 0) is 24.3 Å². The number of rotatable bonds is 4. The van der Waals surface area contributed by atoms with Crippen molar-refractivity contribution in [3.63, 3.8) is 0 Å². The number of aromatic nitrogens is 1. The summed E-state index contributed by atoms with van der Waals surface area (Å²) in [6.07, 6.45) is 1.32. The van der Waals surface area contributed by atoms with Crippen molar-refractivity contribution in [2.45, 2.75) is 5.03 Å². The van der Waals surface area contributed by atoms with E-state index in [0.717, 1.165) is 0 Å². The van der Waals surface area contributed by atoms with E-state index >= 15 is 0 Å². The maximum atomic E-state index is 12.1. The van der Waals surface area contributed by atoms with Crippen LogP contribution < -0.4 is 11.1 Å². The number of hydrogen-bond donors (Lipinski definition) is 2. The van der Waals surface area contributed by atoms with Gasteiger partial charge in [-0.25, -0.2) is 13.4 Å². The Kier molecular flexibility index (Phi) is 3.99. The highest BCUT2D eigenvalue weighted by atomic mass is 32.2. The van der Waals surface area contributed by atoms with Gasteiger partial charge in [0.1, 0.15) is 5.75 Å². The predicted octanol–water partition coefficient (Wildman–Crippen LogP) is 1.08. The normalized spacial score (nSPS) is 11.0. The quantitative estimate of drug-likeness (QED) is 0.877. The van der Waals surface area contributed by atoms with E-state index in [-0.39, 0.29) is 10.7 Å². The van der Waals surface area contributed by atoms with Crippen molar-refractivity contribution in [2.24, 2.45) is 0 Å². The summed E-state index contributed by atoms with van der Waals surface area (Å²) < 4.78 is 24.1. The molecule has 1 amide bonds. The number of carbonyl (C=O) groups is 1. The first-order chi connectivity index (χ1) is 9.49. The number of hydrogen-bond acceptors (Lipinski definition) is 5. The van der Waals surface area contributed by atoms with Gasteiger partial charge in [0.15, 0.2) is 5.03 Å². The minimum Gasteiger partial charge on any atom is -0.396 e. The van der Waals surface area contributed by atoms with E-state index in [4.69, 9.17) is 5.73 Å². The monoisotopic (exact) mass is 291 g/mol. The van der Waals surface area contributed by atoms with E-state index in [0.29, 0.717) is 5.69 Å². The van der Waals surface area contributed by atoms with Crippen LogP contribution in [0, 0.1) is 0 Å². The number of anilines is 2. The molecule has 1 aromatic heterocycles. The molecule has 0 aliphatic rings. The molecule has 0 saturated heterocycles. The molecule has 0 saturated carbocycles. The molecule has 0 bridgehead atoms. The fourth-order valence-corrected chi connectivity index (χ4v) is 2.83. The maximum Gasteiger partial charge on any atom is 0.240 e. The molecule has 0 fully saturated rings. The van der Waals surface area contributed by atoms with Gasteiger partial charge in [-0.1, -0.05) is 18.2 Å². The summed E-state index contributed by atoms with van der Waals surface area (Å²) in [7, 11) is -3.86. The van der Waals surface area contributed by atoms with Crippen LogP contribution in [0.15, 0.2) is 53.7 Å². The molecule has 20 heavy (non-hydrogen) atoms. The lowest BCUT2D eigenvalue weighted by molar-refractivity contribution is -0.113. The standard InChI is InChI=1S/C13H13N3O3S/c14-11-7-4-8-15-13(11)20(18,19)9-12(17)16-10-5-2-1-3-6-10/h1-8H,9,14H2,(H,16,17). The molecular weight excluding hydrogens is 278 g/mol. The smallest absolute Gasteiger partial charge is 0.240 e. The Morgan fingerprint density at radius 2 is 1.85 bits per heavy atom. The second-order valence-corrected chi connectivity index (χ2v) is 5.98. The second-order valence-electron chi connectivity index (χ2n) is 4.07. The Morgan fingerprint density at radius 3 is 2.50 bits per heavy atom. The number of nitrogens with one attached hydrogen (secondary N) is 1. The number of nitrogens with zero attached hydrogens (tertiary/aromatic N) is 1. The van der Waals surface area contributed by atoms with Crippen LogP contribution in [-0.2, 0) is 14.6 Å². The van der Waals surface area contributed by atoms with Crippen LogP contribution in [0.4, 0.5) is 11.4 Å². The van der Waals surface area contributed by atoms with Crippen LogP contribution in [0.3, 0.4) is 0 Å². The zero-order valence-corrected chi connectivity index (χ0v) is 11.3. The van der Waals surface area contributed by atoms with Gasteiger partial charge in [-0.15, -0.1) is 0 Å². The highest BCUT2D eigenvalue weighted by Crippen LogP contribution is 2.16. The molecule has 0 aliphatic heterocycles. The molecule has 7 heteroatoms. The molecule has 0 unspecified atom stereocenters. The lowest BCUT2D eigenvalue weighted by Gasteiger charge is -2.07. The molecule has 6 nitrogen and oxygen atoms in total. The van der Waals surface area contributed by atoms with Crippen LogP contribution in [0.2, 0.25) is 0 Å². The summed E-state index contributed by atoms with van der Waals surface area (Å²) in [5.41, 5.74) is 6.12. The first-order valence-electron chi connectivity index (χ1n) is 5.77. The lowest BCUT2D eigenvalue weighted by Crippen LogP contribution is -2.24. The van der Waals surface area contributed by atoms with Gasteiger partial charge in [0.2, 0.25) is 15.7 Å². The van der Waals surface area contributed by atoms with Gasteiger partial charge in [0.05, 0.1) is 5.69 Å². The average Bonchev–Trinajstić information content (AvgIpc) is 2.39. The van der Waals surface area contributed by atoms with Crippen LogP contribution in [-0.4, -0.2) is 25.1 Å². The van der Waals surface area contributed by atoms with Crippen molar-refractivity contribution in [1.29, 1.82) is 0 Å². The number of sulfone groups is 1. The molecule has 0 radical (unpaired) electrons. The van der Waals surface area contributed by atoms with Crippen molar-refractivity contribution in [3.05, 3.63) is 48.7 Å². The van der Waals surface area contributed by atoms with Gasteiger partial charge in [0, 0.05) is 11.9 Å². The average molecular weight is 291 g/mol. The molecule has 3 N–H and O–H groups in total. The minimum atomic E-state index is -3.86. The van der Waals surface area contributed by atoms with Crippen LogP contribution in [0.1, 0.15) is 0 Å². The molecule has 0 spiro atoms. The van der Waals surface area contributed by atoms with E-state index < -0.39 is 21.5 Å². The number of benzene rings is 1. The van der Waals surface area contributed by atoms with Crippen LogP contribution in [0.25, 0.3) is 0 Å². The van der Waals surface area contributed by atoms with Gasteiger partial charge in [-0.3, -0.25) is 4.79 Å². The number of nitrogens with two attached hydrogens (primary N) is 1. The highest BCUT2D eigenvalue weighted by molar-refractivity contribution is 7.92. The number of pyridine rings is 1. The van der Waals surface area contributed by atoms with Gasteiger partial charge >= 0.3 is 0 Å². The summed E-state index contributed by atoms with van der Waals surface area (Å²) in [6.45, 7) is 0. The molecule has 104 valence electrons. The van der Waals surface area contributed by atoms with E-state index in [2.05, 4.69) is 10.3 Å². The number of amides is 1. The van der Waals surface area contributed by atoms with Crippen molar-refractivity contribution < 1.29 is 13.2 Å².